The minimum atomic E-state index is -0.0369. The summed E-state index contributed by atoms with van der Waals surface area (Å²) in [6, 6.07) is 8.44. The van der Waals surface area contributed by atoms with E-state index in [0.717, 1.165) is 0 Å². The van der Waals surface area contributed by atoms with Crippen LogP contribution in [-0.2, 0) is 4.79 Å². The summed E-state index contributed by atoms with van der Waals surface area (Å²) in [6.07, 6.45) is 3.53. The Morgan fingerprint density at radius 1 is 1.06 bits per heavy atom. The molecule has 0 bridgehead atoms. The minimum Gasteiger partial charge on any atom is -0.507 e. The highest BCUT2D eigenvalue weighted by Crippen LogP contribution is 2.34. The molecule has 0 aromatic heterocycles. The summed E-state index contributed by atoms with van der Waals surface area (Å²) in [5, 5.41) is 23.2. The van der Waals surface area contributed by atoms with Crippen LogP contribution < -0.4 is 5.32 Å². The van der Waals surface area contributed by atoms with Crippen molar-refractivity contribution in [2.24, 2.45) is 0 Å². The monoisotopic (exact) mass is 229 g/mol. The summed E-state index contributed by atoms with van der Waals surface area (Å²) in [4.78, 5) is 10.1. The lowest BCUT2D eigenvalue weighted by atomic mass is 10.0. The molecule has 4 nitrogen and oxygen atoms in total. The highest BCUT2D eigenvalue weighted by atomic mass is 16.3. The molecule has 0 fully saturated rings. The van der Waals surface area contributed by atoms with E-state index < -0.39 is 0 Å². The Bertz CT molecular complexity index is 590. The number of carbonyl (C=O) groups is 1. The van der Waals surface area contributed by atoms with Crippen molar-refractivity contribution >= 4 is 23.3 Å². The normalized spacial score (nSPS) is 10.8. The van der Waals surface area contributed by atoms with Crippen LogP contribution in [0.3, 0.4) is 0 Å². The lowest BCUT2D eigenvalue weighted by Gasteiger charge is -2.07. The van der Waals surface area contributed by atoms with E-state index in [2.05, 4.69) is 5.32 Å². The average Bonchev–Trinajstić information content (AvgIpc) is 2.33. The van der Waals surface area contributed by atoms with Gasteiger partial charge >= 0.3 is 0 Å². The number of amides is 1. The zero-order valence-corrected chi connectivity index (χ0v) is 8.92. The van der Waals surface area contributed by atoms with Gasteiger partial charge in [0.1, 0.15) is 11.5 Å². The van der Waals surface area contributed by atoms with Crippen molar-refractivity contribution in [1.82, 2.24) is 5.32 Å². The molecule has 2 aromatic rings. The maximum Gasteiger partial charge on any atom is 0.211 e. The number of nitrogens with one attached hydrogen (secondary N) is 1. The standard InChI is InChI=1S/C13H11NO3/c15-8-14-6-5-11-9-3-1-2-4-10(9)12(16)7-13(11)17/h1-8,16-17H,(H,14,15). The highest BCUT2D eigenvalue weighted by Gasteiger charge is 2.08. The predicted octanol–water partition coefficient (Wildman–Crippen LogP) is 1.97. The Morgan fingerprint density at radius 3 is 2.47 bits per heavy atom. The fraction of sp³-hybridized carbons (Fsp3) is 0. The molecule has 0 saturated heterocycles. The third kappa shape index (κ3) is 2.06. The van der Waals surface area contributed by atoms with E-state index in [1.165, 1.54) is 12.3 Å². The number of hydrogen-bond acceptors (Lipinski definition) is 3. The van der Waals surface area contributed by atoms with Gasteiger partial charge in [-0.25, -0.2) is 0 Å². The molecule has 1 amide bonds. The second kappa shape index (κ2) is 4.57. The van der Waals surface area contributed by atoms with Crippen molar-refractivity contribution in [3.63, 3.8) is 0 Å². The minimum absolute atomic E-state index is 0.0265. The maximum atomic E-state index is 10.1. The average molecular weight is 229 g/mol. The van der Waals surface area contributed by atoms with Gasteiger partial charge in [-0.2, -0.15) is 0 Å². The van der Waals surface area contributed by atoms with Crippen LogP contribution in [0, 0.1) is 0 Å². The van der Waals surface area contributed by atoms with Gasteiger partial charge in [0.05, 0.1) is 0 Å². The Hall–Kier alpha value is -2.49. The molecule has 86 valence electrons. The van der Waals surface area contributed by atoms with Crippen LogP contribution in [0.25, 0.3) is 16.8 Å². The van der Waals surface area contributed by atoms with E-state index in [-0.39, 0.29) is 11.5 Å². The van der Waals surface area contributed by atoms with Crippen molar-refractivity contribution in [1.29, 1.82) is 0 Å². The number of fused-ring (bicyclic) bond motifs is 1. The molecular formula is C13H11NO3. The van der Waals surface area contributed by atoms with Crippen LogP contribution in [0.2, 0.25) is 0 Å². The van der Waals surface area contributed by atoms with E-state index in [4.69, 9.17) is 0 Å². The van der Waals surface area contributed by atoms with Gasteiger partial charge < -0.3 is 15.5 Å². The molecule has 0 spiro atoms. The van der Waals surface area contributed by atoms with Gasteiger partial charge in [0.15, 0.2) is 0 Å². The molecule has 0 aliphatic heterocycles. The third-order valence-corrected chi connectivity index (χ3v) is 2.46. The Labute approximate surface area is 97.8 Å². The van der Waals surface area contributed by atoms with Crippen molar-refractivity contribution in [3.8, 4) is 11.5 Å². The van der Waals surface area contributed by atoms with Gasteiger partial charge in [-0.3, -0.25) is 4.79 Å². The first-order valence-corrected chi connectivity index (χ1v) is 5.04. The molecule has 3 N–H and O–H groups in total. The SMILES string of the molecule is O=CNC=Cc1c(O)cc(O)c2ccccc12. The lowest BCUT2D eigenvalue weighted by Crippen LogP contribution is -1.98. The Morgan fingerprint density at radius 2 is 1.76 bits per heavy atom. The van der Waals surface area contributed by atoms with Gasteiger partial charge in [0.2, 0.25) is 6.41 Å². The summed E-state index contributed by atoms with van der Waals surface area (Å²) in [5.41, 5.74) is 0.549. The molecule has 0 radical (unpaired) electrons. The summed E-state index contributed by atoms with van der Waals surface area (Å²) < 4.78 is 0. The lowest BCUT2D eigenvalue weighted by molar-refractivity contribution is -0.108. The first-order valence-electron chi connectivity index (χ1n) is 5.04. The number of aromatic hydroxyl groups is 2. The van der Waals surface area contributed by atoms with Crippen molar-refractivity contribution in [2.75, 3.05) is 0 Å². The number of hydrogen-bond donors (Lipinski definition) is 3. The summed E-state index contributed by atoms with van der Waals surface area (Å²) in [5.74, 6) is -0.0104. The predicted molar refractivity (Wildman–Crippen MR) is 65.5 cm³/mol. The summed E-state index contributed by atoms with van der Waals surface area (Å²) in [6.45, 7) is 0. The molecule has 0 heterocycles. The van der Waals surface area contributed by atoms with Crippen LogP contribution in [0.1, 0.15) is 5.56 Å². The number of phenolic OH excluding ortho intramolecular Hbond substituents is 2. The fourth-order valence-electron chi connectivity index (χ4n) is 1.71. The van der Waals surface area contributed by atoms with Crippen LogP contribution in [0.5, 0.6) is 11.5 Å². The number of benzene rings is 2. The summed E-state index contributed by atoms with van der Waals surface area (Å²) in [7, 11) is 0. The molecule has 0 saturated carbocycles. The second-order valence-corrected chi connectivity index (χ2v) is 3.49. The highest BCUT2D eigenvalue weighted by molar-refractivity contribution is 5.97. The third-order valence-electron chi connectivity index (χ3n) is 2.46. The molecule has 4 heteroatoms. The maximum absolute atomic E-state index is 10.1. The number of carbonyl (C=O) groups excluding carboxylic acids is 1. The van der Waals surface area contributed by atoms with E-state index in [1.807, 2.05) is 6.07 Å². The van der Waals surface area contributed by atoms with Crippen molar-refractivity contribution in [2.45, 2.75) is 0 Å². The molecule has 0 unspecified atom stereocenters. The molecular weight excluding hydrogens is 218 g/mol. The summed E-state index contributed by atoms with van der Waals surface area (Å²) >= 11 is 0. The van der Waals surface area contributed by atoms with Gasteiger partial charge in [0, 0.05) is 23.2 Å². The van der Waals surface area contributed by atoms with E-state index in [0.29, 0.717) is 22.7 Å². The zero-order chi connectivity index (χ0) is 12.3. The molecule has 0 aliphatic carbocycles. The van der Waals surface area contributed by atoms with Crippen molar-refractivity contribution < 1.29 is 15.0 Å². The van der Waals surface area contributed by atoms with Crippen LogP contribution in [0.15, 0.2) is 36.5 Å². The van der Waals surface area contributed by atoms with Gasteiger partial charge in [-0.1, -0.05) is 24.3 Å². The fourth-order valence-corrected chi connectivity index (χ4v) is 1.71. The van der Waals surface area contributed by atoms with E-state index in [1.54, 1.807) is 24.3 Å². The van der Waals surface area contributed by atoms with E-state index in [9.17, 15) is 15.0 Å². The van der Waals surface area contributed by atoms with E-state index >= 15 is 0 Å². The largest absolute Gasteiger partial charge is 0.507 e. The van der Waals surface area contributed by atoms with Crippen LogP contribution in [-0.4, -0.2) is 16.6 Å². The van der Waals surface area contributed by atoms with Gasteiger partial charge in [-0.15, -0.1) is 0 Å². The molecule has 0 aliphatic rings. The number of phenols is 2. The quantitative estimate of drug-likeness (QED) is 0.705. The molecule has 0 atom stereocenters. The topological polar surface area (TPSA) is 69.6 Å². The molecule has 17 heavy (non-hydrogen) atoms. The molecule has 2 aromatic carbocycles. The Kier molecular flexibility index (Phi) is 2.96. The van der Waals surface area contributed by atoms with Crippen LogP contribution >= 0.6 is 0 Å². The number of rotatable bonds is 3. The first-order chi connectivity index (χ1) is 8.24. The van der Waals surface area contributed by atoms with Crippen molar-refractivity contribution in [3.05, 3.63) is 42.1 Å². The second-order valence-electron chi connectivity index (χ2n) is 3.49. The van der Waals surface area contributed by atoms with Crippen LogP contribution in [0.4, 0.5) is 0 Å². The van der Waals surface area contributed by atoms with Gasteiger partial charge in [0.25, 0.3) is 0 Å². The first kappa shape index (κ1) is 11.0. The molecule has 2 rings (SSSR count). The zero-order valence-electron chi connectivity index (χ0n) is 8.92. The van der Waals surface area contributed by atoms with Gasteiger partial charge in [-0.05, 0) is 11.5 Å². The smallest absolute Gasteiger partial charge is 0.211 e. The Balaban J connectivity index is 2.65.